The molecule has 1 saturated heterocycles. The van der Waals surface area contributed by atoms with Crippen LogP contribution in [-0.2, 0) is 0 Å². The van der Waals surface area contributed by atoms with E-state index in [1.165, 1.54) is 10.1 Å². The number of amides is 1. The number of hydrogen-bond donors (Lipinski definition) is 0. The van der Waals surface area contributed by atoms with Crippen molar-refractivity contribution in [2.45, 2.75) is 6.92 Å². The molecule has 0 bridgehead atoms. The minimum Gasteiger partial charge on any atom is -0.368 e. The molecule has 2 heterocycles. The van der Waals surface area contributed by atoms with Crippen molar-refractivity contribution >= 4 is 44.6 Å². The van der Waals surface area contributed by atoms with Gasteiger partial charge in [0.05, 0.1) is 4.88 Å². The Bertz CT molecular complexity index is 928. The van der Waals surface area contributed by atoms with Crippen LogP contribution in [0.25, 0.3) is 10.1 Å². The van der Waals surface area contributed by atoms with Crippen LogP contribution in [0.1, 0.15) is 15.2 Å². The summed E-state index contributed by atoms with van der Waals surface area (Å²) in [5.74, 6) is 0.157. The average Bonchev–Trinajstić information content (AvgIpc) is 2.98. The van der Waals surface area contributed by atoms with Crippen LogP contribution in [0.3, 0.4) is 0 Å². The van der Waals surface area contributed by atoms with E-state index in [-0.39, 0.29) is 5.91 Å². The number of halogens is 1. The lowest BCUT2D eigenvalue weighted by molar-refractivity contribution is 0.0751. The first-order valence-electron chi connectivity index (χ1n) is 8.41. The van der Waals surface area contributed by atoms with Gasteiger partial charge >= 0.3 is 0 Å². The van der Waals surface area contributed by atoms with Crippen molar-refractivity contribution in [1.29, 1.82) is 0 Å². The number of fused-ring (bicyclic) bond motifs is 1. The minimum absolute atomic E-state index is 0.157. The molecule has 2 aromatic carbocycles. The molecular formula is C20H19ClN2OS. The molecule has 0 atom stereocenters. The number of aryl methyl sites for hydroxylation is 1. The van der Waals surface area contributed by atoms with Crippen LogP contribution in [0.2, 0.25) is 5.02 Å². The van der Waals surface area contributed by atoms with E-state index in [1.54, 1.807) is 11.3 Å². The van der Waals surface area contributed by atoms with Gasteiger partial charge in [-0.25, -0.2) is 0 Å². The Balaban J connectivity index is 1.50. The maximum atomic E-state index is 13.0. The first-order chi connectivity index (χ1) is 12.1. The molecule has 1 aliphatic heterocycles. The number of thiophene rings is 1. The van der Waals surface area contributed by atoms with E-state index in [0.29, 0.717) is 0 Å². The Morgan fingerprint density at radius 1 is 1.04 bits per heavy atom. The van der Waals surface area contributed by atoms with Crippen molar-refractivity contribution in [3.05, 3.63) is 64.0 Å². The summed E-state index contributed by atoms with van der Waals surface area (Å²) in [6.45, 7) is 5.18. The molecule has 1 aliphatic rings. The van der Waals surface area contributed by atoms with Gasteiger partial charge in [-0.1, -0.05) is 35.9 Å². The molecule has 5 heteroatoms. The van der Waals surface area contributed by atoms with Gasteiger partial charge in [0.25, 0.3) is 5.91 Å². The summed E-state index contributed by atoms with van der Waals surface area (Å²) in [5, 5.41) is 1.94. The smallest absolute Gasteiger partial charge is 0.264 e. The number of anilines is 1. The predicted octanol–water partition coefficient (Wildman–Crippen LogP) is 4.83. The topological polar surface area (TPSA) is 23.6 Å². The van der Waals surface area contributed by atoms with E-state index < -0.39 is 0 Å². The molecule has 1 fully saturated rings. The highest BCUT2D eigenvalue weighted by Crippen LogP contribution is 2.32. The number of benzene rings is 2. The van der Waals surface area contributed by atoms with Gasteiger partial charge in [0.15, 0.2) is 0 Å². The fraction of sp³-hybridized carbons (Fsp3) is 0.250. The van der Waals surface area contributed by atoms with Crippen molar-refractivity contribution in [3.63, 3.8) is 0 Å². The van der Waals surface area contributed by atoms with Crippen molar-refractivity contribution in [2.75, 3.05) is 31.1 Å². The molecule has 25 heavy (non-hydrogen) atoms. The fourth-order valence-electron chi connectivity index (χ4n) is 3.36. The van der Waals surface area contributed by atoms with Gasteiger partial charge in [-0.2, -0.15) is 0 Å². The second-order valence-electron chi connectivity index (χ2n) is 6.31. The lowest BCUT2D eigenvalue weighted by Crippen LogP contribution is -2.48. The molecule has 3 nitrogen and oxygen atoms in total. The van der Waals surface area contributed by atoms with E-state index in [9.17, 15) is 4.79 Å². The number of hydrogen-bond acceptors (Lipinski definition) is 3. The van der Waals surface area contributed by atoms with Crippen molar-refractivity contribution in [2.24, 2.45) is 0 Å². The Morgan fingerprint density at radius 3 is 2.52 bits per heavy atom. The normalized spacial score (nSPS) is 15.0. The lowest BCUT2D eigenvalue weighted by Gasteiger charge is -2.36. The van der Waals surface area contributed by atoms with Gasteiger partial charge < -0.3 is 9.80 Å². The van der Waals surface area contributed by atoms with E-state index in [2.05, 4.69) is 23.1 Å². The molecule has 0 spiro atoms. The number of carbonyl (C=O) groups is 1. The van der Waals surface area contributed by atoms with Crippen molar-refractivity contribution in [3.8, 4) is 0 Å². The van der Waals surface area contributed by atoms with Gasteiger partial charge in [0.2, 0.25) is 0 Å². The van der Waals surface area contributed by atoms with E-state index >= 15 is 0 Å². The van der Waals surface area contributed by atoms with Crippen LogP contribution >= 0.6 is 22.9 Å². The lowest BCUT2D eigenvalue weighted by atomic mass is 10.1. The number of piperazine rings is 1. The van der Waals surface area contributed by atoms with Gasteiger partial charge in [0, 0.05) is 41.6 Å². The highest BCUT2D eigenvalue weighted by atomic mass is 35.5. The molecule has 1 amide bonds. The Hall–Kier alpha value is -2.04. The zero-order valence-electron chi connectivity index (χ0n) is 14.0. The van der Waals surface area contributed by atoms with Crippen LogP contribution in [0.15, 0.2) is 48.5 Å². The zero-order chi connectivity index (χ0) is 17.4. The zero-order valence-corrected chi connectivity index (χ0v) is 15.6. The van der Waals surface area contributed by atoms with Gasteiger partial charge in [0.1, 0.15) is 0 Å². The molecule has 0 aliphatic carbocycles. The van der Waals surface area contributed by atoms with Crippen LogP contribution in [-0.4, -0.2) is 37.0 Å². The molecule has 0 N–H and O–H groups in total. The highest BCUT2D eigenvalue weighted by molar-refractivity contribution is 7.21. The monoisotopic (exact) mass is 370 g/mol. The molecule has 0 saturated carbocycles. The summed E-state index contributed by atoms with van der Waals surface area (Å²) in [6.07, 6.45) is 0. The summed E-state index contributed by atoms with van der Waals surface area (Å²) in [5.41, 5.74) is 2.22. The van der Waals surface area contributed by atoms with Crippen LogP contribution in [0, 0.1) is 6.92 Å². The maximum Gasteiger partial charge on any atom is 0.264 e. The summed E-state index contributed by atoms with van der Waals surface area (Å²) in [4.78, 5) is 18.1. The van der Waals surface area contributed by atoms with Gasteiger partial charge in [-0.15, -0.1) is 11.3 Å². The van der Waals surface area contributed by atoms with E-state index in [4.69, 9.17) is 11.6 Å². The average molecular weight is 371 g/mol. The maximum absolute atomic E-state index is 13.0. The molecule has 1 aromatic heterocycles. The third kappa shape index (κ3) is 3.12. The Kier molecular flexibility index (Phi) is 4.40. The second-order valence-corrected chi connectivity index (χ2v) is 7.80. The third-order valence-electron chi connectivity index (χ3n) is 4.78. The van der Waals surface area contributed by atoms with Crippen molar-refractivity contribution in [1.82, 2.24) is 4.90 Å². The van der Waals surface area contributed by atoms with Crippen LogP contribution in [0.4, 0.5) is 5.69 Å². The largest absolute Gasteiger partial charge is 0.368 e. The van der Waals surface area contributed by atoms with Crippen LogP contribution in [0.5, 0.6) is 0 Å². The van der Waals surface area contributed by atoms with E-state index in [0.717, 1.165) is 47.3 Å². The molecule has 0 radical (unpaired) electrons. The highest BCUT2D eigenvalue weighted by Gasteiger charge is 2.25. The summed E-state index contributed by atoms with van der Waals surface area (Å²) < 4.78 is 1.18. The first kappa shape index (κ1) is 16.4. The number of carbonyl (C=O) groups excluding carboxylic acids is 1. The molecule has 128 valence electrons. The van der Waals surface area contributed by atoms with Crippen LogP contribution < -0.4 is 4.90 Å². The number of nitrogens with zero attached hydrogens (tertiary/aromatic N) is 2. The van der Waals surface area contributed by atoms with Gasteiger partial charge in [-0.3, -0.25) is 4.79 Å². The number of rotatable bonds is 2. The van der Waals surface area contributed by atoms with Crippen molar-refractivity contribution < 1.29 is 4.79 Å². The third-order valence-corrected chi connectivity index (χ3v) is 6.27. The van der Waals surface area contributed by atoms with Gasteiger partial charge in [-0.05, 0) is 42.1 Å². The minimum atomic E-state index is 0.157. The molecule has 4 rings (SSSR count). The fourth-order valence-corrected chi connectivity index (χ4v) is 4.72. The summed E-state index contributed by atoms with van der Waals surface area (Å²) in [7, 11) is 0. The molecule has 3 aromatic rings. The predicted molar refractivity (Wildman–Crippen MR) is 106 cm³/mol. The first-order valence-corrected chi connectivity index (χ1v) is 9.61. The quantitative estimate of drug-likeness (QED) is 0.645. The SMILES string of the molecule is Cc1c(C(=O)N2CCN(c3cccc(Cl)c3)CC2)sc2ccccc12. The molecular weight excluding hydrogens is 352 g/mol. The van der Waals surface area contributed by atoms with E-state index in [1.807, 2.05) is 42.2 Å². The Morgan fingerprint density at radius 2 is 1.80 bits per heavy atom. The second kappa shape index (κ2) is 6.70. The standard InChI is InChI=1S/C20H19ClN2OS/c1-14-17-7-2-3-8-18(17)25-19(14)20(24)23-11-9-22(10-12-23)16-6-4-5-15(21)13-16/h2-8,13H,9-12H2,1H3. The Labute approximate surface area is 156 Å². The molecule has 0 unspecified atom stereocenters. The summed E-state index contributed by atoms with van der Waals surface area (Å²) in [6, 6.07) is 16.1. The summed E-state index contributed by atoms with van der Waals surface area (Å²) >= 11 is 7.69.